The normalized spacial score (nSPS) is 53.4. The minimum absolute atomic E-state index is 0.721. The Balaban J connectivity index is 1.93. The van der Waals surface area contributed by atoms with Crippen LogP contribution in [-0.2, 0) is 0 Å². The molecule has 0 amide bonds. The van der Waals surface area contributed by atoms with Crippen LogP contribution in [0.3, 0.4) is 0 Å². The molecule has 0 N–H and O–H groups in total. The van der Waals surface area contributed by atoms with Crippen molar-refractivity contribution in [1.29, 1.82) is 0 Å². The SMILES string of the molecule is C[C@@H]1CC12CCC(S)CC2. The van der Waals surface area contributed by atoms with E-state index in [-0.39, 0.29) is 0 Å². The van der Waals surface area contributed by atoms with Crippen LogP contribution in [0.25, 0.3) is 0 Å². The minimum atomic E-state index is 0.721. The molecule has 2 fully saturated rings. The number of hydrogen-bond donors (Lipinski definition) is 1. The fourth-order valence-corrected chi connectivity index (χ4v) is 2.68. The molecule has 0 heterocycles. The van der Waals surface area contributed by atoms with E-state index in [0.717, 1.165) is 16.6 Å². The molecule has 2 aliphatic carbocycles. The lowest BCUT2D eigenvalue weighted by Crippen LogP contribution is -2.16. The first kappa shape index (κ1) is 7.02. The Morgan fingerprint density at radius 2 is 1.80 bits per heavy atom. The molecule has 1 atom stereocenters. The van der Waals surface area contributed by atoms with Gasteiger partial charge in [-0.15, -0.1) is 0 Å². The highest BCUT2D eigenvalue weighted by molar-refractivity contribution is 7.80. The van der Waals surface area contributed by atoms with Gasteiger partial charge in [-0.3, -0.25) is 0 Å². The molecule has 0 bridgehead atoms. The predicted octanol–water partition coefficient (Wildman–Crippen LogP) is 2.89. The van der Waals surface area contributed by atoms with Gasteiger partial charge in [-0.25, -0.2) is 0 Å². The van der Waals surface area contributed by atoms with Gasteiger partial charge in [-0.1, -0.05) is 6.92 Å². The van der Waals surface area contributed by atoms with E-state index >= 15 is 0 Å². The summed E-state index contributed by atoms with van der Waals surface area (Å²) in [6, 6.07) is 0. The topological polar surface area (TPSA) is 0 Å². The Morgan fingerprint density at radius 3 is 2.20 bits per heavy atom. The summed E-state index contributed by atoms with van der Waals surface area (Å²) in [5.74, 6) is 1.04. The van der Waals surface area contributed by atoms with E-state index in [9.17, 15) is 0 Å². The van der Waals surface area contributed by atoms with Crippen molar-refractivity contribution in [3.63, 3.8) is 0 Å². The lowest BCUT2D eigenvalue weighted by Gasteiger charge is -2.25. The molecule has 0 unspecified atom stereocenters. The van der Waals surface area contributed by atoms with Crippen molar-refractivity contribution in [2.45, 2.75) is 44.3 Å². The molecule has 0 nitrogen and oxygen atoms in total. The highest BCUT2D eigenvalue weighted by atomic mass is 32.1. The van der Waals surface area contributed by atoms with E-state index in [4.69, 9.17) is 0 Å². The summed E-state index contributed by atoms with van der Waals surface area (Å²) >= 11 is 4.50. The molecule has 0 saturated heterocycles. The van der Waals surface area contributed by atoms with Gasteiger partial charge in [0, 0.05) is 5.25 Å². The summed E-state index contributed by atoms with van der Waals surface area (Å²) < 4.78 is 0. The lowest BCUT2D eigenvalue weighted by atomic mass is 9.84. The zero-order chi connectivity index (χ0) is 7.19. The van der Waals surface area contributed by atoms with Gasteiger partial charge in [0.1, 0.15) is 0 Å². The number of rotatable bonds is 0. The zero-order valence-corrected chi connectivity index (χ0v) is 7.53. The maximum Gasteiger partial charge on any atom is 0.00172 e. The Bertz CT molecular complexity index is 134. The molecule has 2 saturated carbocycles. The van der Waals surface area contributed by atoms with E-state index in [1.807, 2.05) is 0 Å². The highest BCUT2D eigenvalue weighted by Gasteiger charge is 2.51. The fraction of sp³-hybridized carbons (Fsp3) is 1.00. The summed E-state index contributed by atoms with van der Waals surface area (Å²) in [6.07, 6.45) is 7.17. The predicted molar refractivity (Wildman–Crippen MR) is 47.5 cm³/mol. The third-order valence-corrected chi connectivity index (χ3v) is 4.07. The van der Waals surface area contributed by atoms with Gasteiger partial charge < -0.3 is 0 Å². The Labute approximate surface area is 68.8 Å². The molecule has 10 heavy (non-hydrogen) atoms. The fourth-order valence-electron chi connectivity index (χ4n) is 2.43. The largest absolute Gasteiger partial charge is 0.176 e. The van der Waals surface area contributed by atoms with E-state index < -0.39 is 0 Å². The Kier molecular flexibility index (Phi) is 1.52. The molecule has 2 aliphatic rings. The molecule has 0 aromatic heterocycles. The average Bonchev–Trinajstić information content (AvgIpc) is 2.53. The molecule has 1 spiro atoms. The van der Waals surface area contributed by atoms with Crippen LogP contribution >= 0.6 is 12.6 Å². The first-order valence-corrected chi connectivity index (χ1v) is 4.93. The van der Waals surface area contributed by atoms with E-state index in [2.05, 4.69) is 19.6 Å². The second-order valence-corrected chi connectivity index (χ2v) is 4.93. The summed E-state index contributed by atoms with van der Waals surface area (Å²) in [5, 5.41) is 0.721. The molecule has 0 radical (unpaired) electrons. The quantitative estimate of drug-likeness (QED) is 0.512. The van der Waals surface area contributed by atoms with Crippen LogP contribution in [0.15, 0.2) is 0 Å². The number of hydrogen-bond acceptors (Lipinski definition) is 1. The monoisotopic (exact) mass is 156 g/mol. The maximum absolute atomic E-state index is 4.50. The van der Waals surface area contributed by atoms with Gasteiger partial charge in [-0.05, 0) is 43.4 Å². The van der Waals surface area contributed by atoms with Gasteiger partial charge in [-0.2, -0.15) is 12.6 Å². The van der Waals surface area contributed by atoms with Crippen molar-refractivity contribution >= 4 is 12.6 Å². The smallest absolute Gasteiger partial charge is 0.00172 e. The second-order valence-electron chi connectivity index (χ2n) is 4.20. The van der Waals surface area contributed by atoms with Crippen LogP contribution in [-0.4, -0.2) is 5.25 Å². The van der Waals surface area contributed by atoms with Crippen LogP contribution < -0.4 is 0 Å². The van der Waals surface area contributed by atoms with E-state index in [0.29, 0.717) is 0 Å². The highest BCUT2D eigenvalue weighted by Crippen LogP contribution is 2.61. The molecule has 2 rings (SSSR count). The molecule has 0 aromatic rings. The third-order valence-electron chi connectivity index (χ3n) is 3.55. The Morgan fingerprint density at radius 1 is 1.30 bits per heavy atom. The average molecular weight is 156 g/mol. The van der Waals surface area contributed by atoms with Crippen LogP contribution in [0.2, 0.25) is 0 Å². The summed E-state index contributed by atoms with van der Waals surface area (Å²) in [4.78, 5) is 0. The minimum Gasteiger partial charge on any atom is -0.176 e. The molecule has 0 aliphatic heterocycles. The zero-order valence-electron chi connectivity index (χ0n) is 6.64. The van der Waals surface area contributed by atoms with Crippen LogP contribution in [0, 0.1) is 11.3 Å². The van der Waals surface area contributed by atoms with Gasteiger partial charge in [0.05, 0.1) is 0 Å². The second kappa shape index (κ2) is 2.17. The number of thiol groups is 1. The van der Waals surface area contributed by atoms with Crippen molar-refractivity contribution in [1.82, 2.24) is 0 Å². The molecule has 58 valence electrons. The lowest BCUT2D eigenvalue weighted by molar-refractivity contribution is 0.320. The standard InChI is InChI=1S/C9H16S/c1-7-6-9(7)4-2-8(10)3-5-9/h7-8,10H,2-6H2,1H3/t7-,8?,9?/m1/s1. The van der Waals surface area contributed by atoms with E-state index in [1.165, 1.54) is 32.1 Å². The van der Waals surface area contributed by atoms with Gasteiger partial charge in [0.25, 0.3) is 0 Å². The molecular weight excluding hydrogens is 140 g/mol. The van der Waals surface area contributed by atoms with Crippen LogP contribution in [0.1, 0.15) is 39.0 Å². The van der Waals surface area contributed by atoms with Gasteiger partial charge in [0.15, 0.2) is 0 Å². The summed E-state index contributed by atoms with van der Waals surface area (Å²) in [5.41, 5.74) is 0.819. The molecule has 1 heteroatoms. The van der Waals surface area contributed by atoms with Crippen molar-refractivity contribution in [3.05, 3.63) is 0 Å². The third kappa shape index (κ3) is 0.990. The Hall–Kier alpha value is 0.350. The molecular formula is C9H16S. The summed E-state index contributed by atoms with van der Waals surface area (Å²) in [6.45, 7) is 2.40. The summed E-state index contributed by atoms with van der Waals surface area (Å²) in [7, 11) is 0. The van der Waals surface area contributed by atoms with Gasteiger partial charge in [0.2, 0.25) is 0 Å². The van der Waals surface area contributed by atoms with Gasteiger partial charge >= 0.3 is 0 Å². The molecule has 0 aromatic carbocycles. The van der Waals surface area contributed by atoms with E-state index in [1.54, 1.807) is 0 Å². The maximum atomic E-state index is 4.50. The first-order valence-electron chi connectivity index (χ1n) is 4.41. The van der Waals surface area contributed by atoms with Crippen LogP contribution in [0.4, 0.5) is 0 Å². The van der Waals surface area contributed by atoms with Crippen molar-refractivity contribution in [2.75, 3.05) is 0 Å². The van der Waals surface area contributed by atoms with Crippen molar-refractivity contribution in [3.8, 4) is 0 Å². The van der Waals surface area contributed by atoms with Crippen LogP contribution in [0.5, 0.6) is 0 Å². The first-order chi connectivity index (χ1) is 4.73. The van der Waals surface area contributed by atoms with Crippen molar-refractivity contribution in [2.24, 2.45) is 11.3 Å². The van der Waals surface area contributed by atoms with Crippen molar-refractivity contribution < 1.29 is 0 Å².